The van der Waals surface area contributed by atoms with Gasteiger partial charge in [-0.05, 0) is 18.6 Å². The molecule has 0 amide bonds. The molecule has 0 spiro atoms. The van der Waals surface area contributed by atoms with Gasteiger partial charge in [0.2, 0.25) is 0 Å². The van der Waals surface area contributed by atoms with Gasteiger partial charge in [-0.1, -0.05) is 23.7 Å². The Bertz CT molecular complexity index is 584. The summed E-state index contributed by atoms with van der Waals surface area (Å²) < 4.78 is 13.6. The third kappa shape index (κ3) is 2.31. The van der Waals surface area contributed by atoms with Crippen LogP contribution in [0, 0.1) is 12.7 Å². The Kier molecular flexibility index (Phi) is 3.53. The number of nitrogens with zero attached hydrogens (tertiary/aromatic N) is 2. The van der Waals surface area contributed by atoms with Gasteiger partial charge in [0.05, 0.1) is 11.3 Å². The van der Waals surface area contributed by atoms with E-state index in [9.17, 15) is 9.18 Å². The van der Waals surface area contributed by atoms with Crippen molar-refractivity contribution in [1.29, 1.82) is 0 Å². The third-order valence-corrected chi connectivity index (χ3v) is 2.72. The van der Waals surface area contributed by atoms with Crippen molar-refractivity contribution < 1.29 is 9.18 Å². The highest BCUT2D eigenvalue weighted by molar-refractivity contribution is 6.32. The van der Waals surface area contributed by atoms with Crippen molar-refractivity contribution in [2.75, 3.05) is 5.32 Å². The number of aromatic nitrogens is 2. The molecule has 0 atom stereocenters. The Balaban J connectivity index is 2.46. The van der Waals surface area contributed by atoms with Gasteiger partial charge in [-0.25, -0.2) is 14.4 Å². The standard InChI is InChI=1S/C12H9ClFN3O/c1-7-3-2-4-9(14)10(7)17-12-8(5-18)11(13)15-6-16-12/h2-6H,1H3,(H,15,16,17). The molecule has 2 rings (SSSR count). The number of aldehydes is 1. The van der Waals surface area contributed by atoms with E-state index in [1.807, 2.05) is 0 Å². The highest BCUT2D eigenvalue weighted by Crippen LogP contribution is 2.25. The molecule has 0 radical (unpaired) electrons. The average Bonchev–Trinajstić information content (AvgIpc) is 2.34. The lowest BCUT2D eigenvalue weighted by Gasteiger charge is -2.11. The van der Waals surface area contributed by atoms with Crippen molar-refractivity contribution in [3.05, 3.63) is 46.6 Å². The first-order valence-electron chi connectivity index (χ1n) is 5.11. The van der Waals surface area contributed by atoms with Gasteiger partial charge in [0, 0.05) is 0 Å². The summed E-state index contributed by atoms with van der Waals surface area (Å²) in [7, 11) is 0. The van der Waals surface area contributed by atoms with Gasteiger partial charge in [0.25, 0.3) is 0 Å². The maximum absolute atomic E-state index is 13.6. The second-order valence-electron chi connectivity index (χ2n) is 3.60. The van der Waals surface area contributed by atoms with Gasteiger partial charge in [-0.3, -0.25) is 4.79 Å². The van der Waals surface area contributed by atoms with Crippen LogP contribution in [-0.2, 0) is 0 Å². The molecule has 6 heteroatoms. The van der Waals surface area contributed by atoms with Crippen LogP contribution >= 0.6 is 11.6 Å². The van der Waals surface area contributed by atoms with E-state index in [2.05, 4.69) is 15.3 Å². The van der Waals surface area contributed by atoms with E-state index < -0.39 is 5.82 Å². The first-order chi connectivity index (χ1) is 8.63. The number of carbonyl (C=O) groups is 1. The number of aryl methyl sites for hydroxylation is 1. The molecular formula is C12H9ClFN3O. The Morgan fingerprint density at radius 1 is 1.39 bits per heavy atom. The molecule has 4 nitrogen and oxygen atoms in total. The summed E-state index contributed by atoms with van der Waals surface area (Å²) in [4.78, 5) is 18.5. The number of rotatable bonds is 3. The zero-order valence-electron chi connectivity index (χ0n) is 9.45. The number of nitrogens with one attached hydrogen (secondary N) is 1. The Morgan fingerprint density at radius 2 is 2.17 bits per heavy atom. The molecule has 0 saturated heterocycles. The molecule has 0 saturated carbocycles. The largest absolute Gasteiger partial charge is 0.337 e. The van der Waals surface area contributed by atoms with E-state index in [1.165, 1.54) is 12.4 Å². The summed E-state index contributed by atoms with van der Waals surface area (Å²) in [5, 5.41) is 2.78. The van der Waals surface area contributed by atoms with E-state index >= 15 is 0 Å². The normalized spacial score (nSPS) is 10.2. The van der Waals surface area contributed by atoms with Gasteiger partial charge < -0.3 is 5.32 Å². The SMILES string of the molecule is Cc1cccc(F)c1Nc1ncnc(Cl)c1C=O. The molecule has 18 heavy (non-hydrogen) atoms. The third-order valence-electron chi connectivity index (χ3n) is 2.42. The minimum Gasteiger partial charge on any atom is -0.337 e. The van der Waals surface area contributed by atoms with Crippen molar-refractivity contribution in [2.45, 2.75) is 6.92 Å². The van der Waals surface area contributed by atoms with Crippen LogP contribution < -0.4 is 5.32 Å². The van der Waals surface area contributed by atoms with Crippen LogP contribution in [0.25, 0.3) is 0 Å². The highest BCUT2D eigenvalue weighted by Gasteiger charge is 2.12. The molecule has 2 aromatic rings. The monoisotopic (exact) mass is 265 g/mol. The van der Waals surface area contributed by atoms with Crippen LogP contribution in [0.4, 0.5) is 15.9 Å². The molecule has 1 heterocycles. The van der Waals surface area contributed by atoms with E-state index in [0.717, 1.165) is 0 Å². The summed E-state index contributed by atoms with van der Waals surface area (Å²) in [5.41, 5.74) is 1.05. The smallest absolute Gasteiger partial charge is 0.156 e. The summed E-state index contributed by atoms with van der Waals surface area (Å²) in [6.45, 7) is 1.74. The predicted octanol–water partition coefficient (Wildman–Crippen LogP) is 3.13. The van der Waals surface area contributed by atoms with Gasteiger partial charge in [0.15, 0.2) is 6.29 Å². The topological polar surface area (TPSA) is 54.9 Å². The molecule has 0 aliphatic carbocycles. The van der Waals surface area contributed by atoms with Crippen molar-refractivity contribution in [3.63, 3.8) is 0 Å². The van der Waals surface area contributed by atoms with Crippen molar-refractivity contribution in [3.8, 4) is 0 Å². The van der Waals surface area contributed by atoms with E-state index in [1.54, 1.807) is 19.1 Å². The van der Waals surface area contributed by atoms with Crippen molar-refractivity contribution in [1.82, 2.24) is 9.97 Å². The van der Waals surface area contributed by atoms with Crippen LogP contribution in [0.15, 0.2) is 24.5 Å². The van der Waals surface area contributed by atoms with E-state index in [0.29, 0.717) is 11.8 Å². The fraction of sp³-hybridized carbons (Fsp3) is 0.0833. The van der Waals surface area contributed by atoms with Crippen LogP contribution in [0.1, 0.15) is 15.9 Å². The van der Waals surface area contributed by atoms with Gasteiger partial charge in [-0.15, -0.1) is 0 Å². The molecule has 1 aromatic carbocycles. The summed E-state index contributed by atoms with van der Waals surface area (Å²) >= 11 is 5.76. The minimum atomic E-state index is -0.429. The molecule has 0 unspecified atom stereocenters. The van der Waals surface area contributed by atoms with Crippen molar-refractivity contribution >= 4 is 29.4 Å². The zero-order chi connectivity index (χ0) is 13.1. The van der Waals surface area contributed by atoms with Crippen LogP contribution in [0.5, 0.6) is 0 Å². The molecule has 0 aliphatic rings. The van der Waals surface area contributed by atoms with Crippen molar-refractivity contribution in [2.24, 2.45) is 0 Å². The molecule has 0 bridgehead atoms. The number of hydrogen-bond donors (Lipinski definition) is 1. The molecular weight excluding hydrogens is 257 g/mol. The molecule has 1 N–H and O–H groups in total. The Morgan fingerprint density at radius 3 is 2.83 bits per heavy atom. The molecule has 92 valence electrons. The van der Waals surface area contributed by atoms with Gasteiger partial charge in [-0.2, -0.15) is 0 Å². The lowest BCUT2D eigenvalue weighted by molar-refractivity contribution is 0.112. The number of hydrogen-bond acceptors (Lipinski definition) is 4. The van der Waals surface area contributed by atoms with Crippen LogP contribution in [0.3, 0.4) is 0 Å². The molecule has 0 aliphatic heterocycles. The number of benzene rings is 1. The quantitative estimate of drug-likeness (QED) is 0.684. The Hall–Kier alpha value is -2.01. The first kappa shape index (κ1) is 12.4. The lowest BCUT2D eigenvalue weighted by atomic mass is 10.2. The maximum atomic E-state index is 13.6. The molecule has 0 fully saturated rings. The number of halogens is 2. The van der Waals surface area contributed by atoms with Crippen LogP contribution in [-0.4, -0.2) is 16.3 Å². The summed E-state index contributed by atoms with van der Waals surface area (Å²) in [6, 6.07) is 4.66. The number of para-hydroxylation sites is 1. The Labute approximate surface area is 108 Å². The fourth-order valence-electron chi connectivity index (χ4n) is 1.49. The van der Waals surface area contributed by atoms with E-state index in [-0.39, 0.29) is 22.2 Å². The number of carbonyl (C=O) groups excluding carboxylic acids is 1. The lowest BCUT2D eigenvalue weighted by Crippen LogP contribution is -2.03. The van der Waals surface area contributed by atoms with Gasteiger partial charge in [0.1, 0.15) is 23.1 Å². The highest BCUT2D eigenvalue weighted by atomic mass is 35.5. The fourth-order valence-corrected chi connectivity index (χ4v) is 1.66. The second kappa shape index (κ2) is 5.10. The van der Waals surface area contributed by atoms with E-state index in [4.69, 9.17) is 11.6 Å². The van der Waals surface area contributed by atoms with Gasteiger partial charge >= 0.3 is 0 Å². The average molecular weight is 266 g/mol. The predicted molar refractivity (Wildman–Crippen MR) is 66.8 cm³/mol. The number of anilines is 2. The molecule has 1 aromatic heterocycles. The maximum Gasteiger partial charge on any atom is 0.156 e. The first-order valence-corrected chi connectivity index (χ1v) is 5.49. The van der Waals surface area contributed by atoms with Crippen LogP contribution in [0.2, 0.25) is 5.15 Å². The summed E-state index contributed by atoms with van der Waals surface area (Å²) in [5.74, 6) is -0.250. The summed E-state index contributed by atoms with van der Waals surface area (Å²) in [6.07, 6.45) is 1.73. The zero-order valence-corrected chi connectivity index (χ0v) is 10.2. The second-order valence-corrected chi connectivity index (χ2v) is 3.96. The minimum absolute atomic E-state index is 0.0245.